The van der Waals surface area contributed by atoms with Crippen molar-refractivity contribution in [3.8, 4) is 6.07 Å². The fourth-order valence-corrected chi connectivity index (χ4v) is 3.14. The molecule has 6 heteroatoms. The summed E-state index contributed by atoms with van der Waals surface area (Å²) in [5.74, 6) is -0.0779. The first-order chi connectivity index (χ1) is 9.09. The predicted octanol–water partition coefficient (Wildman–Crippen LogP) is 1.16. The van der Waals surface area contributed by atoms with Gasteiger partial charge in [0.05, 0.1) is 23.5 Å². The van der Waals surface area contributed by atoms with E-state index in [1.54, 1.807) is 24.3 Å². The van der Waals surface area contributed by atoms with Crippen molar-refractivity contribution < 1.29 is 13.2 Å². The largest absolute Gasteiger partial charge is 0.377 e. The minimum absolute atomic E-state index is 0.00394. The Morgan fingerprint density at radius 2 is 2.11 bits per heavy atom. The van der Waals surface area contributed by atoms with E-state index in [0.29, 0.717) is 24.3 Å². The van der Waals surface area contributed by atoms with Gasteiger partial charge in [-0.15, -0.1) is 0 Å². The van der Waals surface area contributed by atoms with Crippen LogP contribution in [0.4, 0.5) is 0 Å². The summed E-state index contributed by atoms with van der Waals surface area (Å²) >= 11 is 0. The van der Waals surface area contributed by atoms with Crippen LogP contribution in [0.1, 0.15) is 24.0 Å². The summed E-state index contributed by atoms with van der Waals surface area (Å²) in [6.45, 7) is 1.04. The zero-order chi connectivity index (χ0) is 13.7. The lowest BCUT2D eigenvalue weighted by Gasteiger charge is -2.11. The van der Waals surface area contributed by atoms with Gasteiger partial charge in [0, 0.05) is 13.2 Å². The molecule has 1 aromatic rings. The second-order valence-electron chi connectivity index (χ2n) is 4.55. The number of hydrogen-bond acceptors (Lipinski definition) is 4. The number of nitrogens with zero attached hydrogens (tertiary/aromatic N) is 1. The standard InChI is InChI=1S/C13H16N2O3S/c14-8-11-3-5-12(6-4-11)10-19(16,17)15-9-13-2-1-7-18-13/h3-6,13,15H,1-2,7,9-10H2. The smallest absolute Gasteiger partial charge is 0.215 e. The lowest BCUT2D eigenvalue weighted by atomic mass is 10.2. The van der Waals surface area contributed by atoms with Crippen LogP contribution in [0.5, 0.6) is 0 Å². The minimum atomic E-state index is -3.35. The highest BCUT2D eigenvalue weighted by Crippen LogP contribution is 2.12. The second-order valence-corrected chi connectivity index (χ2v) is 6.36. The maximum Gasteiger partial charge on any atom is 0.215 e. The van der Waals surface area contributed by atoms with E-state index in [1.165, 1.54) is 0 Å². The summed E-state index contributed by atoms with van der Waals surface area (Å²) < 4.78 is 31.7. The highest BCUT2D eigenvalue weighted by molar-refractivity contribution is 7.88. The Kier molecular flexibility index (Phi) is 4.53. The molecule has 0 spiro atoms. The third-order valence-electron chi connectivity index (χ3n) is 2.99. The maximum absolute atomic E-state index is 11.9. The van der Waals surface area contributed by atoms with Crippen molar-refractivity contribution in [2.45, 2.75) is 24.7 Å². The Balaban J connectivity index is 1.90. The van der Waals surface area contributed by atoms with E-state index in [4.69, 9.17) is 10.00 Å². The van der Waals surface area contributed by atoms with Crippen molar-refractivity contribution >= 4 is 10.0 Å². The molecule has 1 unspecified atom stereocenters. The van der Waals surface area contributed by atoms with Gasteiger partial charge in [0.2, 0.25) is 10.0 Å². The van der Waals surface area contributed by atoms with Gasteiger partial charge < -0.3 is 4.74 Å². The number of nitriles is 1. The number of benzene rings is 1. The van der Waals surface area contributed by atoms with Crippen LogP contribution in [0.15, 0.2) is 24.3 Å². The first-order valence-corrected chi connectivity index (χ1v) is 7.82. The predicted molar refractivity (Wildman–Crippen MR) is 70.8 cm³/mol. The third kappa shape index (κ3) is 4.31. The van der Waals surface area contributed by atoms with E-state index in [-0.39, 0.29) is 11.9 Å². The summed E-state index contributed by atoms with van der Waals surface area (Å²) in [7, 11) is -3.35. The highest BCUT2D eigenvalue weighted by Gasteiger charge is 2.19. The fourth-order valence-electron chi connectivity index (χ4n) is 1.97. The molecular weight excluding hydrogens is 264 g/mol. The number of rotatable bonds is 5. The summed E-state index contributed by atoms with van der Waals surface area (Å²) in [5, 5.41) is 8.67. The summed E-state index contributed by atoms with van der Waals surface area (Å²) in [6.07, 6.45) is 1.89. The molecule has 102 valence electrons. The molecule has 1 heterocycles. The van der Waals surface area contributed by atoms with E-state index < -0.39 is 10.0 Å². The van der Waals surface area contributed by atoms with Crippen molar-refractivity contribution in [1.29, 1.82) is 5.26 Å². The first kappa shape index (κ1) is 14.0. The van der Waals surface area contributed by atoms with E-state index in [2.05, 4.69) is 4.72 Å². The van der Waals surface area contributed by atoms with Crippen LogP contribution in [0, 0.1) is 11.3 Å². The fraction of sp³-hybridized carbons (Fsp3) is 0.462. The van der Waals surface area contributed by atoms with Gasteiger partial charge in [-0.3, -0.25) is 0 Å². The van der Waals surface area contributed by atoms with Gasteiger partial charge in [-0.2, -0.15) is 5.26 Å². The van der Waals surface area contributed by atoms with E-state index in [1.807, 2.05) is 6.07 Å². The first-order valence-electron chi connectivity index (χ1n) is 6.17. The van der Waals surface area contributed by atoms with Crippen LogP contribution >= 0.6 is 0 Å². The lowest BCUT2D eigenvalue weighted by Crippen LogP contribution is -2.32. The summed E-state index contributed by atoms with van der Waals surface area (Å²) in [4.78, 5) is 0. The van der Waals surface area contributed by atoms with Crippen molar-refractivity contribution in [3.05, 3.63) is 35.4 Å². The molecule has 2 rings (SSSR count). The molecule has 1 fully saturated rings. The summed E-state index contributed by atoms with van der Waals surface area (Å²) in [6, 6.07) is 8.54. The Morgan fingerprint density at radius 3 is 2.68 bits per heavy atom. The monoisotopic (exact) mass is 280 g/mol. The zero-order valence-electron chi connectivity index (χ0n) is 10.5. The lowest BCUT2D eigenvalue weighted by molar-refractivity contribution is 0.114. The molecule has 0 aliphatic carbocycles. The van der Waals surface area contributed by atoms with Crippen molar-refractivity contribution in [3.63, 3.8) is 0 Å². The molecule has 1 N–H and O–H groups in total. The highest BCUT2D eigenvalue weighted by atomic mass is 32.2. The Hall–Kier alpha value is -1.42. The normalized spacial score (nSPS) is 19.2. The van der Waals surface area contributed by atoms with Gasteiger partial charge in [0.15, 0.2) is 0 Å². The Bertz CT molecular complexity index is 555. The molecule has 0 saturated carbocycles. The van der Waals surface area contributed by atoms with Crippen molar-refractivity contribution in [2.24, 2.45) is 0 Å². The molecule has 1 saturated heterocycles. The van der Waals surface area contributed by atoms with Crippen LogP contribution in [0.3, 0.4) is 0 Å². The van der Waals surface area contributed by atoms with Crippen LogP contribution in [0.2, 0.25) is 0 Å². The third-order valence-corrected chi connectivity index (χ3v) is 4.31. The van der Waals surface area contributed by atoms with Gasteiger partial charge in [-0.1, -0.05) is 12.1 Å². The second kappa shape index (κ2) is 6.15. The average Bonchev–Trinajstić information content (AvgIpc) is 2.90. The molecule has 1 aromatic carbocycles. The molecule has 19 heavy (non-hydrogen) atoms. The van der Waals surface area contributed by atoms with E-state index in [0.717, 1.165) is 12.8 Å². The molecule has 0 bridgehead atoms. The Labute approximate surface area is 113 Å². The van der Waals surface area contributed by atoms with Crippen molar-refractivity contribution in [2.75, 3.05) is 13.2 Å². The van der Waals surface area contributed by atoms with Gasteiger partial charge in [0.25, 0.3) is 0 Å². The average molecular weight is 280 g/mol. The Morgan fingerprint density at radius 1 is 1.37 bits per heavy atom. The molecule has 0 amide bonds. The zero-order valence-corrected chi connectivity index (χ0v) is 11.3. The SMILES string of the molecule is N#Cc1ccc(CS(=O)(=O)NCC2CCCO2)cc1. The quantitative estimate of drug-likeness (QED) is 0.877. The van der Waals surface area contributed by atoms with Crippen LogP contribution in [-0.4, -0.2) is 27.7 Å². The molecule has 5 nitrogen and oxygen atoms in total. The van der Waals surface area contributed by atoms with E-state index in [9.17, 15) is 8.42 Å². The number of sulfonamides is 1. The molecule has 0 aromatic heterocycles. The van der Waals surface area contributed by atoms with Crippen LogP contribution < -0.4 is 4.72 Å². The van der Waals surface area contributed by atoms with Gasteiger partial charge in [0.1, 0.15) is 0 Å². The van der Waals surface area contributed by atoms with Gasteiger partial charge in [-0.05, 0) is 30.5 Å². The van der Waals surface area contributed by atoms with Gasteiger partial charge >= 0.3 is 0 Å². The molecule has 1 atom stereocenters. The number of ether oxygens (including phenoxy) is 1. The molecule has 0 radical (unpaired) electrons. The van der Waals surface area contributed by atoms with Crippen molar-refractivity contribution in [1.82, 2.24) is 4.72 Å². The number of hydrogen-bond donors (Lipinski definition) is 1. The topological polar surface area (TPSA) is 79.2 Å². The van der Waals surface area contributed by atoms with Gasteiger partial charge in [-0.25, -0.2) is 13.1 Å². The van der Waals surface area contributed by atoms with Crippen LogP contribution in [-0.2, 0) is 20.5 Å². The number of nitrogens with one attached hydrogen (secondary N) is 1. The molecule has 1 aliphatic rings. The summed E-state index contributed by atoms with van der Waals surface area (Å²) in [5.41, 5.74) is 1.19. The molecule has 1 aliphatic heterocycles. The van der Waals surface area contributed by atoms with Crippen LogP contribution in [0.25, 0.3) is 0 Å². The maximum atomic E-state index is 11.9. The minimum Gasteiger partial charge on any atom is -0.377 e. The molecular formula is C13H16N2O3S. The van der Waals surface area contributed by atoms with E-state index >= 15 is 0 Å².